The first-order chi connectivity index (χ1) is 37.4. The summed E-state index contributed by atoms with van der Waals surface area (Å²) in [6.07, 6.45) is 6.17. The van der Waals surface area contributed by atoms with E-state index >= 15 is 4.39 Å². The van der Waals surface area contributed by atoms with Gasteiger partial charge in [-0.1, -0.05) is 43.7 Å². The summed E-state index contributed by atoms with van der Waals surface area (Å²) in [5, 5.41) is 27.9. The van der Waals surface area contributed by atoms with E-state index in [-0.39, 0.29) is 61.9 Å². The maximum Gasteiger partial charge on any atom is 0.343 e. The summed E-state index contributed by atoms with van der Waals surface area (Å²) in [6, 6.07) is 9.91. The molecule has 23 heteroatoms. The Morgan fingerprint density at radius 2 is 1.58 bits per heavy atom. The molecule has 0 radical (unpaired) electrons. The van der Waals surface area contributed by atoms with Gasteiger partial charge >= 0.3 is 5.97 Å². The van der Waals surface area contributed by atoms with E-state index in [0.717, 1.165) is 10.5 Å². The van der Waals surface area contributed by atoms with Crippen molar-refractivity contribution in [1.82, 2.24) is 46.4 Å². The van der Waals surface area contributed by atoms with Crippen LogP contribution in [0.3, 0.4) is 0 Å². The second-order valence-electron chi connectivity index (χ2n) is 20.2. The maximum atomic E-state index is 15.5. The van der Waals surface area contributed by atoms with Gasteiger partial charge in [0.05, 0.1) is 54.7 Å². The van der Waals surface area contributed by atoms with Gasteiger partial charge in [0, 0.05) is 54.1 Å². The highest BCUT2D eigenvalue weighted by molar-refractivity contribution is 6.12. The average molecular weight is 1070 g/mol. The number of imide groups is 1. The molecule has 22 nitrogen and oxygen atoms in total. The number of aliphatic hydroxyl groups is 1. The lowest BCUT2D eigenvalue weighted by Gasteiger charge is -2.41. The van der Waals surface area contributed by atoms with Crippen LogP contribution < -0.4 is 37.5 Å². The SMILES string of the molecule is CC[C@@]1(O)C(=O)OCc2c1cc1n(c2=O)Cc2c-1nc1cc(F)c(C)c3c1c2[C@@H](NC(=O)C1(OCNC(=O)CNC(=O)[C@H](Cc2ccccc2)NC(=O)CNC(=O)CNC(=O)CCCCCN2C(=O)C=CC2=O)CCC1)CC3. The molecule has 2 aliphatic carbocycles. The molecule has 2 aromatic carbocycles. The number of amides is 8. The van der Waals surface area contributed by atoms with E-state index in [1.807, 2.05) is 0 Å². The Kier molecular flexibility index (Phi) is 16.0. The fourth-order valence-electron chi connectivity index (χ4n) is 10.7. The Morgan fingerprint density at radius 1 is 0.872 bits per heavy atom. The van der Waals surface area contributed by atoms with Crippen LogP contribution in [-0.2, 0) is 84.2 Å². The van der Waals surface area contributed by atoms with Crippen molar-refractivity contribution in [2.24, 2.45) is 0 Å². The van der Waals surface area contributed by atoms with Crippen molar-refractivity contribution in [1.29, 1.82) is 0 Å². The van der Waals surface area contributed by atoms with Gasteiger partial charge in [0.2, 0.25) is 29.5 Å². The number of nitrogens with one attached hydrogen (secondary N) is 6. The molecule has 0 unspecified atom stereocenters. The van der Waals surface area contributed by atoms with Crippen molar-refractivity contribution >= 4 is 64.1 Å². The Labute approximate surface area is 446 Å². The van der Waals surface area contributed by atoms with Crippen molar-refractivity contribution in [3.8, 4) is 11.4 Å². The fourth-order valence-corrected chi connectivity index (χ4v) is 10.7. The van der Waals surface area contributed by atoms with E-state index in [9.17, 15) is 53.1 Å². The zero-order valence-corrected chi connectivity index (χ0v) is 43.1. The number of nitrogens with zero attached hydrogens (tertiary/aromatic N) is 3. The van der Waals surface area contributed by atoms with Crippen LogP contribution in [0.15, 0.2) is 59.4 Å². The van der Waals surface area contributed by atoms with E-state index < -0.39 is 102 Å². The first kappa shape index (κ1) is 54.6. The van der Waals surface area contributed by atoms with Gasteiger partial charge in [-0.15, -0.1) is 0 Å². The van der Waals surface area contributed by atoms with Crippen LogP contribution in [0.5, 0.6) is 0 Å². The second-order valence-corrected chi connectivity index (χ2v) is 20.2. The third-order valence-electron chi connectivity index (χ3n) is 15.3. The number of fused-ring (bicyclic) bond motifs is 5. The predicted octanol–water partition coefficient (Wildman–Crippen LogP) is 1.21. The molecule has 9 rings (SSSR count). The van der Waals surface area contributed by atoms with E-state index in [1.165, 1.54) is 22.8 Å². The number of ether oxygens (including phenoxy) is 2. The molecule has 5 aliphatic rings. The predicted molar refractivity (Wildman–Crippen MR) is 275 cm³/mol. The van der Waals surface area contributed by atoms with E-state index in [1.54, 1.807) is 50.2 Å². The number of unbranched alkanes of at least 4 members (excludes halogenated alkanes) is 2. The summed E-state index contributed by atoms with van der Waals surface area (Å²) in [5.74, 6) is -5.63. The molecule has 3 atom stereocenters. The van der Waals surface area contributed by atoms with Crippen LogP contribution in [-0.4, -0.2) is 117 Å². The van der Waals surface area contributed by atoms with Crippen molar-refractivity contribution < 1.29 is 62.1 Å². The normalized spacial score (nSPS) is 18.7. The third-order valence-corrected chi connectivity index (χ3v) is 15.3. The molecule has 1 saturated carbocycles. The van der Waals surface area contributed by atoms with Crippen molar-refractivity contribution in [2.45, 2.75) is 121 Å². The van der Waals surface area contributed by atoms with Crippen LogP contribution in [0, 0.1) is 12.7 Å². The number of esters is 1. The number of hydrogen-bond donors (Lipinski definition) is 7. The number of hydrogen-bond acceptors (Lipinski definition) is 14. The summed E-state index contributed by atoms with van der Waals surface area (Å²) < 4.78 is 28.4. The average Bonchev–Trinajstić information content (AvgIpc) is 4.11. The number of aryl methyl sites for hydroxylation is 1. The smallest absolute Gasteiger partial charge is 0.343 e. The van der Waals surface area contributed by atoms with Crippen molar-refractivity contribution in [3.63, 3.8) is 0 Å². The highest BCUT2D eigenvalue weighted by atomic mass is 19.1. The van der Waals surface area contributed by atoms with Gasteiger partial charge in [0.15, 0.2) is 5.60 Å². The topological polar surface area (TPSA) is 303 Å². The standard InChI is InChI=1S/C55H60FN9O13/c1-3-55(76)35-22-40-49-33(27-65(40)51(73)34(35)28-77-53(55)75)48-37(15-14-32-30(2)36(56)23-38(62-49)47(32)48)63-52(74)54(18-10-19-54)78-29-60-43(68)25-59-50(72)39(21-31-11-6-4-7-12-31)61-44(69)26-58-42(67)24-57-41(66)13-8-5-9-20-64-45(70)16-17-46(64)71/h4,6-7,11-12,16-17,22-23,37,39,76H,3,5,8-10,13-15,18-21,24-29H2,1-2H3,(H,57,66)(H,58,67)(H,59,72)(H,60,68)(H,61,69)(H,63,74)/t37-,39-,55-/m0/s1. The molecule has 2 aromatic heterocycles. The van der Waals surface area contributed by atoms with Gasteiger partial charge in [0.1, 0.15) is 30.8 Å². The lowest BCUT2D eigenvalue weighted by Crippen LogP contribution is -2.56. The summed E-state index contributed by atoms with van der Waals surface area (Å²) in [6.45, 7) is 1.45. The van der Waals surface area contributed by atoms with Gasteiger partial charge < -0.3 is 51.0 Å². The number of halogens is 1. The van der Waals surface area contributed by atoms with Gasteiger partial charge in [0.25, 0.3) is 23.3 Å². The van der Waals surface area contributed by atoms with Crippen LogP contribution in [0.2, 0.25) is 0 Å². The quantitative estimate of drug-likeness (QED) is 0.0222. The van der Waals surface area contributed by atoms with Crippen LogP contribution in [0.25, 0.3) is 22.3 Å². The monoisotopic (exact) mass is 1070 g/mol. The second kappa shape index (κ2) is 22.8. The Hall–Kier alpha value is -8.18. The lowest BCUT2D eigenvalue weighted by molar-refractivity contribution is -0.172. The molecule has 7 N–H and O–H groups in total. The summed E-state index contributed by atoms with van der Waals surface area (Å²) in [4.78, 5) is 135. The van der Waals surface area contributed by atoms with Gasteiger partial charge in [-0.05, 0) is 86.6 Å². The number of benzene rings is 2. The Balaban J connectivity index is 0.779. The van der Waals surface area contributed by atoms with Gasteiger partial charge in [-0.25, -0.2) is 14.2 Å². The number of rotatable bonds is 22. The zero-order valence-electron chi connectivity index (χ0n) is 43.1. The highest BCUT2D eigenvalue weighted by Gasteiger charge is 2.48. The molecular weight excluding hydrogens is 1010 g/mol. The minimum absolute atomic E-state index is 0.0391. The molecular formula is C55H60FN9O13. The number of aromatic nitrogens is 2. The molecule has 8 amide bonds. The summed E-state index contributed by atoms with van der Waals surface area (Å²) in [7, 11) is 0. The number of pyridine rings is 2. The van der Waals surface area contributed by atoms with Crippen LogP contribution >= 0.6 is 0 Å². The fraction of sp³-hybridized carbons (Fsp3) is 0.436. The van der Waals surface area contributed by atoms with Crippen LogP contribution in [0.4, 0.5) is 4.39 Å². The highest BCUT2D eigenvalue weighted by Crippen LogP contribution is 2.47. The van der Waals surface area contributed by atoms with Crippen LogP contribution in [0.1, 0.15) is 110 Å². The Bertz CT molecular complexity index is 3230. The van der Waals surface area contributed by atoms with Gasteiger partial charge in [-0.2, -0.15) is 0 Å². The van der Waals surface area contributed by atoms with Crippen molar-refractivity contribution in [2.75, 3.05) is 32.9 Å². The number of carbonyl (C=O) groups is 9. The molecule has 3 aliphatic heterocycles. The molecule has 0 saturated heterocycles. The molecule has 78 heavy (non-hydrogen) atoms. The summed E-state index contributed by atoms with van der Waals surface area (Å²) >= 11 is 0. The molecule has 5 heterocycles. The van der Waals surface area contributed by atoms with E-state index in [2.05, 4.69) is 31.9 Å². The zero-order chi connectivity index (χ0) is 55.5. The Morgan fingerprint density at radius 3 is 2.29 bits per heavy atom. The summed E-state index contributed by atoms with van der Waals surface area (Å²) in [5.41, 5.74) is 0.628. The molecule has 4 aromatic rings. The largest absolute Gasteiger partial charge is 0.458 e. The molecule has 410 valence electrons. The van der Waals surface area contributed by atoms with E-state index in [0.29, 0.717) is 95.9 Å². The first-order valence-corrected chi connectivity index (χ1v) is 26.1. The van der Waals surface area contributed by atoms with Crippen molar-refractivity contribution in [3.05, 3.63) is 110 Å². The third kappa shape index (κ3) is 11.0. The molecule has 1 fully saturated rings. The number of cyclic esters (lactones) is 1. The first-order valence-electron chi connectivity index (χ1n) is 26.1. The van der Waals surface area contributed by atoms with Gasteiger partial charge in [-0.3, -0.25) is 48.1 Å². The maximum absolute atomic E-state index is 15.5. The van der Waals surface area contributed by atoms with E-state index in [4.69, 9.17) is 14.5 Å². The lowest BCUT2D eigenvalue weighted by atomic mass is 9.77. The minimum Gasteiger partial charge on any atom is -0.458 e. The minimum atomic E-state index is -2.06. The molecule has 0 spiro atoms. The number of carbonyl (C=O) groups excluding carboxylic acids is 9. The molecule has 0 bridgehead atoms.